The Labute approximate surface area is 322 Å². The van der Waals surface area contributed by atoms with Gasteiger partial charge >= 0.3 is 0 Å². The van der Waals surface area contributed by atoms with Crippen LogP contribution in [0.2, 0.25) is 0 Å². The summed E-state index contributed by atoms with van der Waals surface area (Å²) in [5.41, 5.74) is 15.1. The molecule has 0 bridgehead atoms. The van der Waals surface area contributed by atoms with Crippen LogP contribution in [0.1, 0.15) is 72.9 Å². The Morgan fingerprint density at radius 2 is 0.630 bits per heavy atom. The van der Waals surface area contributed by atoms with E-state index in [9.17, 15) is 0 Å². The molecule has 0 aromatic heterocycles. The molecule has 0 saturated heterocycles. The van der Waals surface area contributed by atoms with Gasteiger partial charge in [0.05, 0.1) is 11.4 Å². The van der Waals surface area contributed by atoms with Crippen molar-refractivity contribution < 1.29 is 0 Å². The van der Waals surface area contributed by atoms with Crippen LogP contribution in [0.25, 0.3) is 32.3 Å². The Kier molecular flexibility index (Phi) is 9.86. The zero-order chi connectivity index (χ0) is 37.3. The van der Waals surface area contributed by atoms with Gasteiger partial charge in [-0.1, -0.05) is 122 Å². The average Bonchev–Trinajstić information content (AvgIpc) is 3.19. The topological polar surface area (TPSA) is 6.48 Å². The number of benzene rings is 8. The van der Waals surface area contributed by atoms with Gasteiger partial charge in [-0.2, -0.15) is 0 Å². The summed E-state index contributed by atoms with van der Waals surface area (Å²) in [4.78, 5) is 4.98. The second-order valence-electron chi connectivity index (χ2n) is 15.4. The van der Waals surface area contributed by atoms with Crippen LogP contribution in [0.5, 0.6) is 0 Å². The van der Waals surface area contributed by atoms with E-state index in [2.05, 4.69) is 185 Å². The number of unbranched alkanes of at least 4 members (excludes halogenated alkanes) is 2. The van der Waals surface area contributed by atoms with Gasteiger partial charge in [-0.3, -0.25) is 0 Å². The highest BCUT2D eigenvalue weighted by Gasteiger charge is 2.24. The fraction of sp³-hybridized carbons (Fsp3) is 0.231. The van der Waals surface area contributed by atoms with E-state index in [-0.39, 0.29) is 0 Å². The SMILES string of the molecule is CCCCc1cc(N(c2ccc(C)cc2)c2ccc(C)cc2)c2ccc3c(CCCC)cc(N(c4ccc(C)cc4)c4ccc(C)cc4)c4ccc1c2c34. The summed E-state index contributed by atoms with van der Waals surface area (Å²) in [5.74, 6) is 0. The van der Waals surface area contributed by atoms with Crippen molar-refractivity contribution in [3.63, 3.8) is 0 Å². The third-order valence-electron chi connectivity index (χ3n) is 11.3. The quantitative estimate of drug-likeness (QED) is 0.117. The Hall–Kier alpha value is -5.60. The number of rotatable bonds is 12. The molecule has 0 aliphatic heterocycles. The lowest BCUT2D eigenvalue weighted by molar-refractivity contribution is 0.799. The Morgan fingerprint density at radius 3 is 0.907 bits per heavy atom. The summed E-state index contributed by atoms with van der Waals surface area (Å²) in [5, 5.41) is 8.10. The van der Waals surface area contributed by atoms with Crippen molar-refractivity contribution in [1.29, 1.82) is 0 Å². The number of anilines is 6. The van der Waals surface area contributed by atoms with E-state index in [0.29, 0.717) is 0 Å². The van der Waals surface area contributed by atoms with E-state index >= 15 is 0 Å². The molecule has 0 atom stereocenters. The molecule has 8 aromatic carbocycles. The molecule has 0 saturated carbocycles. The molecule has 54 heavy (non-hydrogen) atoms. The smallest absolute Gasteiger partial charge is 0.0543 e. The van der Waals surface area contributed by atoms with Crippen molar-refractivity contribution in [2.45, 2.75) is 80.1 Å². The lowest BCUT2D eigenvalue weighted by Crippen LogP contribution is -2.13. The third-order valence-corrected chi connectivity index (χ3v) is 11.3. The molecule has 270 valence electrons. The number of nitrogens with zero attached hydrogens (tertiary/aromatic N) is 2. The minimum atomic E-state index is 1.04. The second-order valence-corrected chi connectivity index (χ2v) is 15.4. The largest absolute Gasteiger partial charge is 0.310 e. The summed E-state index contributed by atoms with van der Waals surface area (Å²) in [7, 11) is 0. The molecule has 0 radical (unpaired) electrons. The Morgan fingerprint density at radius 1 is 0.352 bits per heavy atom. The second kappa shape index (κ2) is 15.0. The molecule has 0 fully saturated rings. The molecule has 0 unspecified atom stereocenters. The van der Waals surface area contributed by atoms with Crippen molar-refractivity contribution >= 4 is 66.4 Å². The molecule has 2 heteroatoms. The molecular formula is C52H52N2. The van der Waals surface area contributed by atoms with Crippen LogP contribution in [-0.2, 0) is 12.8 Å². The minimum Gasteiger partial charge on any atom is -0.310 e. The molecule has 2 nitrogen and oxygen atoms in total. The Bertz CT molecular complexity index is 2250. The first-order valence-corrected chi connectivity index (χ1v) is 20.0. The van der Waals surface area contributed by atoms with Gasteiger partial charge in [0.2, 0.25) is 0 Å². The maximum Gasteiger partial charge on any atom is 0.0543 e. The fourth-order valence-corrected chi connectivity index (χ4v) is 8.25. The van der Waals surface area contributed by atoms with Gasteiger partial charge in [0.25, 0.3) is 0 Å². The minimum absolute atomic E-state index is 1.04. The van der Waals surface area contributed by atoms with Gasteiger partial charge in [0.1, 0.15) is 0 Å². The van der Waals surface area contributed by atoms with Crippen molar-refractivity contribution in [3.05, 3.63) is 167 Å². The van der Waals surface area contributed by atoms with E-state index in [1.54, 1.807) is 0 Å². The summed E-state index contributed by atoms with van der Waals surface area (Å²) < 4.78 is 0. The molecular weight excluding hydrogens is 653 g/mol. The molecule has 0 aliphatic rings. The number of hydrogen-bond acceptors (Lipinski definition) is 2. The first-order chi connectivity index (χ1) is 26.3. The highest BCUT2D eigenvalue weighted by atomic mass is 15.1. The molecule has 0 spiro atoms. The van der Waals surface area contributed by atoms with Crippen LogP contribution in [0, 0.1) is 27.7 Å². The molecule has 8 aromatic rings. The predicted molar refractivity (Wildman–Crippen MR) is 236 cm³/mol. The fourth-order valence-electron chi connectivity index (χ4n) is 8.25. The van der Waals surface area contributed by atoms with E-state index in [1.165, 1.54) is 99.8 Å². The van der Waals surface area contributed by atoms with Gasteiger partial charge in [-0.05, 0) is 147 Å². The van der Waals surface area contributed by atoms with Gasteiger partial charge < -0.3 is 9.80 Å². The highest BCUT2D eigenvalue weighted by Crippen LogP contribution is 2.49. The van der Waals surface area contributed by atoms with Crippen molar-refractivity contribution in [3.8, 4) is 0 Å². The van der Waals surface area contributed by atoms with Gasteiger partial charge in [0.15, 0.2) is 0 Å². The van der Waals surface area contributed by atoms with Gasteiger partial charge in [-0.15, -0.1) is 0 Å². The molecule has 0 amide bonds. The molecule has 0 N–H and O–H groups in total. The van der Waals surface area contributed by atoms with E-state index in [0.717, 1.165) is 38.5 Å². The lowest BCUT2D eigenvalue weighted by Gasteiger charge is -2.31. The van der Waals surface area contributed by atoms with Gasteiger partial charge in [-0.25, -0.2) is 0 Å². The number of hydrogen-bond donors (Lipinski definition) is 0. The molecule has 0 aliphatic carbocycles. The maximum absolute atomic E-state index is 2.50. The molecule has 0 heterocycles. The van der Waals surface area contributed by atoms with Crippen LogP contribution in [0.4, 0.5) is 34.1 Å². The zero-order valence-electron chi connectivity index (χ0n) is 32.8. The molecule has 8 rings (SSSR count). The summed E-state index contributed by atoms with van der Waals surface area (Å²) in [6.07, 6.45) is 6.71. The number of aryl methyl sites for hydroxylation is 6. The normalized spacial score (nSPS) is 11.6. The summed E-state index contributed by atoms with van der Waals surface area (Å²) >= 11 is 0. The Balaban J connectivity index is 1.49. The van der Waals surface area contributed by atoms with Crippen LogP contribution in [-0.4, -0.2) is 0 Å². The summed E-state index contributed by atoms with van der Waals surface area (Å²) in [6.45, 7) is 13.3. The monoisotopic (exact) mass is 704 g/mol. The van der Waals surface area contributed by atoms with Gasteiger partial charge in [0, 0.05) is 33.5 Å². The average molecular weight is 705 g/mol. The standard InChI is InChI=1S/C52H52N2/c1-7-9-11-39-33-49(53(41-21-13-35(3)14-22-41)42-23-15-36(4)16-24-42)47-32-30-46-40(12-10-8-2)34-50(48-31-29-45(39)51(47)52(46)48)54(43-25-17-37(5)18-26-43)44-27-19-38(6)20-28-44/h13-34H,7-12H2,1-6H3. The lowest BCUT2D eigenvalue weighted by atomic mass is 9.86. The predicted octanol–water partition coefficient (Wildman–Crippen LogP) is 15.4. The van der Waals surface area contributed by atoms with Crippen molar-refractivity contribution in [1.82, 2.24) is 0 Å². The first kappa shape index (κ1) is 35.4. The zero-order valence-corrected chi connectivity index (χ0v) is 32.8. The third kappa shape index (κ3) is 6.60. The van der Waals surface area contributed by atoms with Crippen LogP contribution in [0.15, 0.2) is 133 Å². The van der Waals surface area contributed by atoms with Crippen molar-refractivity contribution in [2.75, 3.05) is 9.80 Å². The van der Waals surface area contributed by atoms with E-state index in [1.807, 2.05) is 0 Å². The summed E-state index contributed by atoms with van der Waals surface area (Å²) in [6, 6.07) is 50.8. The van der Waals surface area contributed by atoms with E-state index in [4.69, 9.17) is 0 Å². The maximum atomic E-state index is 2.50. The first-order valence-electron chi connectivity index (χ1n) is 20.0. The van der Waals surface area contributed by atoms with Crippen molar-refractivity contribution in [2.24, 2.45) is 0 Å². The van der Waals surface area contributed by atoms with Crippen LogP contribution < -0.4 is 9.80 Å². The highest BCUT2D eigenvalue weighted by molar-refractivity contribution is 6.29. The van der Waals surface area contributed by atoms with Crippen LogP contribution in [0.3, 0.4) is 0 Å². The van der Waals surface area contributed by atoms with Crippen LogP contribution >= 0.6 is 0 Å². The van der Waals surface area contributed by atoms with E-state index < -0.39 is 0 Å².